The molecule has 2 aromatic carbocycles. The SMILES string of the molecule is CC(=O)O[C@@]12CO[C@@H]1C[C@H](O)[C@@]1(C)C(=O)[C@H](OC(=O)CN(C)CC(=O)C(C)C)C3=C(C)[C@@H](OC(=O)[C@H](O)[C@@H](NC(=O)OC(C)(C)C)c4ccccc4)C[C@@](O)([C@@H](OC(=O)c4ccccc4)[C@H]21)C3(C)C. The maximum atomic E-state index is 15.9. The molecule has 1 saturated heterocycles. The molecule has 2 bridgehead atoms. The van der Waals surface area contributed by atoms with Crippen LogP contribution in [0.1, 0.15) is 104 Å². The van der Waals surface area contributed by atoms with E-state index in [-0.39, 0.29) is 48.0 Å². The molecule has 376 valence electrons. The molecule has 4 aliphatic rings. The number of rotatable bonds is 14. The molecule has 1 aliphatic heterocycles. The van der Waals surface area contributed by atoms with Crippen LogP contribution < -0.4 is 5.32 Å². The van der Waals surface area contributed by atoms with E-state index in [4.69, 9.17) is 28.4 Å². The van der Waals surface area contributed by atoms with Gasteiger partial charge in [0.05, 0.1) is 48.7 Å². The Morgan fingerprint density at radius 2 is 1.54 bits per heavy atom. The Morgan fingerprint density at radius 3 is 2.09 bits per heavy atom. The van der Waals surface area contributed by atoms with E-state index in [9.17, 15) is 44.1 Å². The number of hydrogen-bond acceptors (Lipinski definition) is 17. The Bertz CT molecular complexity index is 2340. The van der Waals surface area contributed by atoms with Crippen LogP contribution in [-0.2, 0) is 52.4 Å². The molecular formula is C51H66N2O16. The number of carbonyl (C=O) groups is 7. The number of ketones is 2. The number of aliphatic hydroxyl groups excluding tert-OH is 2. The van der Waals surface area contributed by atoms with Crippen LogP contribution >= 0.6 is 0 Å². The highest BCUT2D eigenvalue weighted by molar-refractivity contribution is 5.96. The molecule has 18 heteroatoms. The van der Waals surface area contributed by atoms with Crippen molar-refractivity contribution >= 4 is 41.5 Å². The Labute approximate surface area is 402 Å². The van der Waals surface area contributed by atoms with Crippen molar-refractivity contribution in [3.63, 3.8) is 0 Å². The quantitative estimate of drug-likeness (QED) is 0.119. The van der Waals surface area contributed by atoms with Crippen LogP contribution in [0, 0.1) is 22.7 Å². The lowest BCUT2D eigenvalue weighted by atomic mass is 9.44. The second kappa shape index (κ2) is 19.7. The summed E-state index contributed by atoms with van der Waals surface area (Å²) < 4.78 is 36.3. The van der Waals surface area contributed by atoms with Gasteiger partial charge in [0.25, 0.3) is 0 Å². The molecule has 1 amide bonds. The number of ether oxygens (including phenoxy) is 6. The summed E-state index contributed by atoms with van der Waals surface area (Å²) in [5, 5.41) is 40.6. The fourth-order valence-electron chi connectivity index (χ4n) is 10.5. The summed E-state index contributed by atoms with van der Waals surface area (Å²) in [4.78, 5) is 99.4. The summed E-state index contributed by atoms with van der Waals surface area (Å²) in [6, 6.07) is 14.4. The van der Waals surface area contributed by atoms with Gasteiger partial charge in [-0.25, -0.2) is 14.4 Å². The standard InChI is InChI=1S/C51H66N2O16/c1-27(2)32(55)24-53(11)25-36(57)66-40-37-28(3)33(65-45(61)39(58)38(30-18-14-12-15-19-30)52-46(62)69-47(5,6)7)23-51(63,48(37,8)9)43(67-44(60)31-20-16-13-17-21-31)41-49(10,42(40)59)34(56)22-35-50(41,26-64-35)68-29(4)54/h12-21,27,33-35,38-41,43,56,58,63H,22-26H2,1-11H3,(H,52,62)/t33-,34-,35+,38-,39+,40+,41-,43-,49+,50-,51+/m0/s1. The zero-order valence-electron chi connectivity index (χ0n) is 41.1. The normalized spacial score (nSPS) is 30.2. The van der Waals surface area contributed by atoms with E-state index in [1.165, 1.54) is 51.8 Å². The maximum absolute atomic E-state index is 15.9. The van der Waals surface area contributed by atoms with Gasteiger partial charge >= 0.3 is 30.0 Å². The summed E-state index contributed by atoms with van der Waals surface area (Å²) in [7, 11) is 1.52. The van der Waals surface area contributed by atoms with Crippen LogP contribution in [0.15, 0.2) is 71.8 Å². The van der Waals surface area contributed by atoms with Crippen LogP contribution in [0.4, 0.5) is 4.79 Å². The van der Waals surface area contributed by atoms with Crippen LogP contribution in [0.2, 0.25) is 0 Å². The molecule has 0 unspecified atom stereocenters. The first-order chi connectivity index (χ1) is 32.1. The molecule has 0 aromatic heterocycles. The number of esters is 4. The van der Waals surface area contributed by atoms with Crippen molar-refractivity contribution < 1.29 is 77.3 Å². The third-order valence-electron chi connectivity index (χ3n) is 14.3. The van der Waals surface area contributed by atoms with Crippen molar-refractivity contribution in [2.24, 2.45) is 22.7 Å². The van der Waals surface area contributed by atoms with Gasteiger partial charge in [0.2, 0.25) is 0 Å². The predicted octanol–water partition coefficient (Wildman–Crippen LogP) is 3.97. The van der Waals surface area contributed by atoms with E-state index in [1.54, 1.807) is 83.1 Å². The lowest BCUT2D eigenvalue weighted by Crippen LogP contribution is -2.82. The van der Waals surface area contributed by atoms with Crippen molar-refractivity contribution in [3.8, 4) is 0 Å². The first-order valence-corrected chi connectivity index (χ1v) is 23.2. The number of amides is 1. The van der Waals surface area contributed by atoms with Crippen molar-refractivity contribution in [2.75, 3.05) is 26.7 Å². The minimum atomic E-state index is -2.47. The lowest BCUT2D eigenvalue weighted by molar-refractivity contribution is -0.346. The smallest absolute Gasteiger partial charge is 0.408 e. The largest absolute Gasteiger partial charge is 0.456 e. The van der Waals surface area contributed by atoms with Gasteiger partial charge in [0.15, 0.2) is 23.6 Å². The number of hydrogen-bond donors (Lipinski definition) is 4. The summed E-state index contributed by atoms with van der Waals surface area (Å²) in [6.07, 6.45) is -12.1. The summed E-state index contributed by atoms with van der Waals surface area (Å²) in [5.74, 6) is -7.12. The highest BCUT2D eigenvalue weighted by Crippen LogP contribution is 2.64. The van der Waals surface area contributed by atoms with Gasteiger partial charge in [-0.2, -0.15) is 0 Å². The number of likely N-dealkylation sites (N-methyl/N-ethyl adjacent to an activating group) is 1. The van der Waals surface area contributed by atoms with Crippen LogP contribution in [0.3, 0.4) is 0 Å². The molecule has 1 heterocycles. The number of carbonyl (C=O) groups excluding carboxylic acids is 7. The molecule has 69 heavy (non-hydrogen) atoms. The topological polar surface area (TPSA) is 251 Å². The second-order valence-corrected chi connectivity index (χ2v) is 20.8. The number of alkyl carbamates (subject to hydrolysis) is 1. The van der Waals surface area contributed by atoms with Gasteiger partial charge in [0.1, 0.15) is 35.3 Å². The lowest BCUT2D eigenvalue weighted by Gasteiger charge is -2.67. The van der Waals surface area contributed by atoms with E-state index in [2.05, 4.69) is 5.32 Å². The predicted molar refractivity (Wildman–Crippen MR) is 245 cm³/mol. The van der Waals surface area contributed by atoms with E-state index in [0.29, 0.717) is 5.56 Å². The number of benzene rings is 2. The third-order valence-corrected chi connectivity index (χ3v) is 14.3. The van der Waals surface area contributed by atoms with Gasteiger partial charge in [0, 0.05) is 31.1 Å². The Hall–Kier alpha value is -5.53. The van der Waals surface area contributed by atoms with E-state index < -0.39 is 125 Å². The number of nitrogens with one attached hydrogen (secondary N) is 1. The van der Waals surface area contributed by atoms with Gasteiger partial charge in [-0.3, -0.25) is 24.1 Å². The van der Waals surface area contributed by atoms with Gasteiger partial charge in [-0.1, -0.05) is 76.2 Å². The number of nitrogens with zero attached hydrogens (tertiary/aromatic N) is 1. The highest BCUT2D eigenvalue weighted by Gasteiger charge is 2.78. The van der Waals surface area contributed by atoms with E-state index in [1.807, 2.05) is 0 Å². The summed E-state index contributed by atoms with van der Waals surface area (Å²) in [6.45, 7) is 14.4. The van der Waals surface area contributed by atoms with Gasteiger partial charge in [-0.15, -0.1) is 0 Å². The minimum Gasteiger partial charge on any atom is -0.456 e. The van der Waals surface area contributed by atoms with E-state index in [0.717, 1.165) is 6.92 Å². The third kappa shape index (κ3) is 10.1. The molecule has 11 atom stereocenters. The first-order valence-electron chi connectivity index (χ1n) is 23.2. The molecule has 6 rings (SSSR count). The van der Waals surface area contributed by atoms with Gasteiger partial charge < -0.3 is 49.1 Å². The molecule has 4 N–H and O–H groups in total. The average molecular weight is 963 g/mol. The number of aliphatic hydroxyl groups is 3. The Kier molecular flexibility index (Phi) is 15.1. The molecule has 18 nitrogen and oxygen atoms in total. The molecule has 0 spiro atoms. The zero-order chi connectivity index (χ0) is 51.2. The van der Waals surface area contributed by atoms with Crippen LogP contribution in [-0.4, -0.2) is 142 Å². The fraction of sp³-hybridized carbons (Fsp3) is 0.588. The van der Waals surface area contributed by atoms with E-state index >= 15 is 4.79 Å². The van der Waals surface area contributed by atoms with Crippen molar-refractivity contribution in [2.45, 2.75) is 142 Å². The highest BCUT2D eigenvalue weighted by atomic mass is 16.6. The second-order valence-electron chi connectivity index (χ2n) is 20.8. The monoisotopic (exact) mass is 962 g/mol. The zero-order valence-corrected chi connectivity index (χ0v) is 41.1. The molecular weight excluding hydrogens is 897 g/mol. The number of fused-ring (bicyclic) bond motifs is 5. The Morgan fingerprint density at radius 1 is 0.928 bits per heavy atom. The van der Waals surface area contributed by atoms with Crippen LogP contribution in [0.25, 0.3) is 0 Å². The van der Waals surface area contributed by atoms with Crippen molar-refractivity contribution in [1.82, 2.24) is 10.2 Å². The molecule has 0 radical (unpaired) electrons. The number of Topliss-reactive ketones (excluding diaryl/α,β-unsaturated/α-hetero) is 2. The maximum Gasteiger partial charge on any atom is 0.408 e. The van der Waals surface area contributed by atoms with Crippen molar-refractivity contribution in [3.05, 3.63) is 82.9 Å². The molecule has 2 saturated carbocycles. The molecule has 2 aromatic rings. The van der Waals surface area contributed by atoms with Crippen LogP contribution in [0.5, 0.6) is 0 Å². The molecule has 3 aliphatic carbocycles. The molecule has 3 fully saturated rings. The summed E-state index contributed by atoms with van der Waals surface area (Å²) in [5.41, 5.74) is -8.81. The minimum absolute atomic E-state index is 0.0403. The first kappa shape index (κ1) is 52.8. The fourth-order valence-corrected chi connectivity index (χ4v) is 10.5. The average Bonchev–Trinajstić information content (AvgIpc) is 3.26. The summed E-state index contributed by atoms with van der Waals surface area (Å²) >= 11 is 0. The van der Waals surface area contributed by atoms with Gasteiger partial charge in [-0.05, 0) is 70.5 Å². The Balaban J connectivity index is 1.55. The van der Waals surface area contributed by atoms with Crippen molar-refractivity contribution in [1.29, 1.82) is 0 Å².